The monoisotopic (exact) mass is 273 g/mol. The van der Waals surface area contributed by atoms with Crippen LogP contribution in [0.1, 0.15) is 30.0 Å². The summed E-state index contributed by atoms with van der Waals surface area (Å²) in [5.74, 6) is 0.0936. The first-order chi connectivity index (χ1) is 9.67. The van der Waals surface area contributed by atoms with Crippen molar-refractivity contribution in [2.75, 3.05) is 20.3 Å². The first-order valence-corrected chi connectivity index (χ1v) is 6.71. The topological polar surface area (TPSA) is 79.3 Å². The van der Waals surface area contributed by atoms with Crippen molar-refractivity contribution in [1.82, 2.24) is 4.90 Å². The lowest BCUT2D eigenvalue weighted by atomic mass is 9.90. The normalized spacial score (nSPS) is 22.6. The van der Waals surface area contributed by atoms with E-state index in [-0.39, 0.29) is 18.0 Å². The summed E-state index contributed by atoms with van der Waals surface area (Å²) < 4.78 is 5.07. The van der Waals surface area contributed by atoms with Crippen molar-refractivity contribution in [2.24, 2.45) is 5.73 Å². The highest BCUT2D eigenvalue weighted by atomic mass is 16.5. The molecule has 5 nitrogen and oxygen atoms in total. The Labute approximate surface area is 118 Å². The highest BCUT2D eigenvalue weighted by Gasteiger charge is 2.34. The summed E-state index contributed by atoms with van der Waals surface area (Å²) in [7, 11) is 1.61. The maximum atomic E-state index is 12.1. The van der Waals surface area contributed by atoms with Crippen LogP contribution in [-0.4, -0.2) is 37.1 Å². The predicted molar refractivity (Wildman–Crippen MR) is 74.7 cm³/mol. The van der Waals surface area contributed by atoms with Gasteiger partial charge in [0.2, 0.25) is 5.91 Å². The number of rotatable bonds is 4. The molecule has 106 valence electrons. The highest BCUT2D eigenvalue weighted by Crippen LogP contribution is 2.31. The van der Waals surface area contributed by atoms with Crippen LogP contribution in [-0.2, 0) is 9.53 Å². The quantitative estimate of drug-likeness (QED) is 0.893. The van der Waals surface area contributed by atoms with Gasteiger partial charge in [0.1, 0.15) is 0 Å². The van der Waals surface area contributed by atoms with Crippen molar-refractivity contribution in [1.29, 1.82) is 5.26 Å². The Balaban J connectivity index is 2.31. The van der Waals surface area contributed by atoms with Gasteiger partial charge >= 0.3 is 0 Å². The lowest BCUT2D eigenvalue weighted by molar-refractivity contribution is -0.138. The molecule has 1 saturated heterocycles. The molecule has 20 heavy (non-hydrogen) atoms. The summed E-state index contributed by atoms with van der Waals surface area (Å²) in [5.41, 5.74) is 7.71. The van der Waals surface area contributed by atoms with Crippen molar-refractivity contribution in [3.05, 3.63) is 35.4 Å². The summed E-state index contributed by atoms with van der Waals surface area (Å²) in [4.78, 5) is 13.9. The Morgan fingerprint density at radius 1 is 1.55 bits per heavy atom. The van der Waals surface area contributed by atoms with Crippen molar-refractivity contribution in [2.45, 2.75) is 24.9 Å². The fraction of sp³-hybridized carbons (Fsp3) is 0.467. The number of amides is 1. The number of methoxy groups -OCH3 is 1. The van der Waals surface area contributed by atoms with Gasteiger partial charge in [0, 0.05) is 26.1 Å². The van der Waals surface area contributed by atoms with Gasteiger partial charge in [0.25, 0.3) is 0 Å². The van der Waals surface area contributed by atoms with Crippen LogP contribution in [0.25, 0.3) is 0 Å². The van der Waals surface area contributed by atoms with Crippen molar-refractivity contribution >= 4 is 5.91 Å². The van der Waals surface area contributed by atoms with Crippen LogP contribution in [0.2, 0.25) is 0 Å². The van der Waals surface area contributed by atoms with Crippen LogP contribution in [0.3, 0.4) is 0 Å². The third-order valence-electron chi connectivity index (χ3n) is 3.65. The third-order valence-corrected chi connectivity index (χ3v) is 3.65. The standard InChI is InChI=1S/C15H19N3O2/c1-20-8-7-18-14(19)6-5-13(17)15(18)12-4-2-3-11(9-12)10-16/h2-4,9,13,15H,5-8,17H2,1H3. The summed E-state index contributed by atoms with van der Waals surface area (Å²) in [6.07, 6.45) is 1.14. The molecule has 2 rings (SSSR count). The Morgan fingerprint density at radius 3 is 3.05 bits per heavy atom. The molecule has 5 heteroatoms. The molecule has 2 N–H and O–H groups in total. The molecule has 0 saturated carbocycles. The molecule has 1 fully saturated rings. The Hall–Kier alpha value is -1.90. The average molecular weight is 273 g/mol. The number of piperidine rings is 1. The summed E-state index contributed by atoms with van der Waals surface area (Å²) in [6.45, 7) is 0.997. The third kappa shape index (κ3) is 2.98. The largest absolute Gasteiger partial charge is 0.383 e. The molecular weight excluding hydrogens is 254 g/mol. The molecule has 0 aromatic heterocycles. The van der Waals surface area contributed by atoms with Crippen molar-refractivity contribution in [3.63, 3.8) is 0 Å². The summed E-state index contributed by atoms with van der Waals surface area (Å²) in [6, 6.07) is 9.13. The average Bonchev–Trinajstić information content (AvgIpc) is 2.48. The van der Waals surface area contributed by atoms with E-state index in [1.807, 2.05) is 18.2 Å². The molecule has 1 amide bonds. The Bertz CT molecular complexity index is 524. The van der Waals surface area contributed by atoms with Gasteiger partial charge in [-0.3, -0.25) is 4.79 Å². The minimum absolute atomic E-state index is 0.0936. The van der Waals surface area contributed by atoms with E-state index >= 15 is 0 Å². The van der Waals surface area contributed by atoms with E-state index < -0.39 is 0 Å². The van der Waals surface area contributed by atoms with Crippen LogP contribution < -0.4 is 5.73 Å². The second kappa shape index (κ2) is 6.51. The summed E-state index contributed by atoms with van der Waals surface area (Å²) >= 11 is 0. The van der Waals surface area contributed by atoms with Gasteiger partial charge in [0.05, 0.1) is 24.3 Å². The van der Waals surface area contributed by atoms with Crippen molar-refractivity contribution in [3.8, 4) is 6.07 Å². The molecule has 1 aliphatic heterocycles. The van der Waals surface area contributed by atoms with E-state index in [1.54, 1.807) is 18.1 Å². The number of likely N-dealkylation sites (tertiary alicyclic amines) is 1. The first-order valence-electron chi connectivity index (χ1n) is 6.71. The number of nitriles is 1. The van der Waals surface area contributed by atoms with Gasteiger partial charge in [-0.1, -0.05) is 12.1 Å². The number of hydrogen-bond donors (Lipinski definition) is 1. The second-order valence-electron chi connectivity index (χ2n) is 4.96. The SMILES string of the molecule is COCCN1C(=O)CCC(N)C1c1cccc(C#N)c1. The van der Waals surface area contributed by atoms with E-state index in [0.29, 0.717) is 31.6 Å². The van der Waals surface area contributed by atoms with Crippen molar-refractivity contribution < 1.29 is 9.53 Å². The minimum atomic E-state index is -0.181. The summed E-state index contributed by atoms with van der Waals surface area (Å²) in [5, 5.41) is 9.00. The Morgan fingerprint density at radius 2 is 2.35 bits per heavy atom. The molecule has 0 spiro atoms. The van der Waals surface area contributed by atoms with Crippen LogP contribution >= 0.6 is 0 Å². The maximum absolute atomic E-state index is 12.1. The van der Waals surface area contributed by atoms with E-state index in [9.17, 15) is 4.79 Å². The van der Waals surface area contributed by atoms with Gasteiger partial charge in [-0.25, -0.2) is 0 Å². The molecule has 0 bridgehead atoms. The van der Waals surface area contributed by atoms with E-state index in [1.165, 1.54) is 0 Å². The molecule has 1 aromatic rings. The molecular formula is C15H19N3O2. The molecule has 1 aliphatic rings. The molecule has 2 unspecified atom stereocenters. The zero-order valence-electron chi connectivity index (χ0n) is 11.6. The van der Waals surface area contributed by atoms with Crippen LogP contribution in [0.5, 0.6) is 0 Å². The smallest absolute Gasteiger partial charge is 0.223 e. The van der Waals surface area contributed by atoms with Gasteiger partial charge in [0.15, 0.2) is 0 Å². The van der Waals surface area contributed by atoms with Crippen LogP contribution in [0.4, 0.5) is 0 Å². The predicted octanol–water partition coefficient (Wildman–Crippen LogP) is 1.20. The van der Waals surface area contributed by atoms with Crippen LogP contribution in [0.15, 0.2) is 24.3 Å². The number of nitrogens with zero attached hydrogens (tertiary/aromatic N) is 2. The number of benzene rings is 1. The molecule has 2 atom stereocenters. The van der Waals surface area contributed by atoms with Crippen LogP contribution in [0, 0.1) is 11.3 Å². The fourth-order valence-electron chi connectivity index (χ4n) is 2.65. The number of hydrogen-bond acceptors (Lipinski definition) is 4. The van der Waals surface area contributed by atoms with E-state index in [0.717, 1.165) is 5.56 Å². The van der Waals surface area contributed by atoms with Gasteiger partial charge < -0.3 is 15.4 Å². The number of nitrogens with two attached hydrogens (primary N) is 1. The fourth-order valence-corrected chi connectivity index (χ4v) is 2.65. The zero-order valence-corrected chi connectivity index (χ0v) is 11.6. The van der Waals surface area contributed by atoms with Gasteiger partial charge in [-0.2, -0.15) is 5.26 Å². The van der Waals surface area contributed by atoms with E-state index in [4.69, 9.17) is 15.7 Å². The Kier molecular flexibility index (Phi) is 4.72. The highest BCUT2D eigenvalue weighted by molar-refractivity contribution is 5.78. The molecule has 0 aliphatic carbocycles. The maximum Gasteiger partial charge on any atom is 0.223 e. The number of ether oxygens (including phenoxy) is 1. The lowest BCUT2D eigenvalue weighted by Gasteiger charge is -2.40. The molecule has 1 aromatic carbocycles. The van der Waals surface area contributed by atoms with E-state index in [2.05, 4.69) is 6.07 Å². The first kappa shape index (κ1) is 14.5. The van der Waals surface area contributed by atoms with Gasteiger partial charge in [-0.05, 0) is 24.1 Å². The zero-order chi connectivity index (χ0) is 14.5. The second-order valence-corrected chi connectivity index (χ2v) is 4.96. The number of carbonyl (C=O) groups excluding carboxylic acids is 1. The molecule has 1 heterocycles. The molecule has 0 radical (unpaired) electrons. The lowest BCUT2D eigenvalue weighted by Crippen LogP contribution is -2.49. The minimum Gasteiger partial charge on any atom is -0.383 e. The van der Waals surface area contributed by atoms with Gasteiger partial charge in [-0.15, -0.1) is 0 Å². The number of carbonyl (C=O) groups is 1.